The van der Waals surface area contributed by atoms with Crippen molar-refractivity contribution in [3.8, 4) is 39.1 Å². The molecule has 0 atom stereocenters. The molecule has 2 nitrogen and oxygen atoms in total. The number of benzene rings is 11. The number of fused-ring (bicyclic) bond motifs is 6. The number of hydrogen-bond acceptors (Lipinski definition) is 1. The lowest BCUT2D eigenvalue weighted by molar-refractivity contribution is 1.18. The van der Waals surface area contributed by atoms with Crippen LogP contribution in [0, 0.1) is 0 Å². The normalized spacial score (nSPS) is 11.5. The van der Waals surface area contributed by atoms with Crippen molar-refractivity contribution in [2.24, 2.45) is 0 Å². The van der Waals surface area contributed by atoms with Gasteiger partial charge in [0.25, 0.3) is 0 Å². The molecule has 1 aromatic heterocycles. The van der Waals surface area contributed by atoms with Gasteiger partial charge in [0.2, 0.25) is 0 Å². The van der Waals surface area contributed by atoms with E-state index in [0.29, 0.717) is 0 Å². The van der Waals surface area contributed by atoms with Crippen molar-refractivity contribution >= 4 is 71.2 Å². The maximum absolute atomic E-state index is 2.39. The molecule has 12 aromatic rings. The van der Waals surface area contributed by atoms with E-state index < -0.39 is 0 Å². The summed E-state index contributed by atoms with van der Waals surface area (Å²) in [5.41, 5.74) is 14.3. The monoisotopic (exact) mass is 788 g/mol. The quantitative estimate of drug-likeness (QED) is 0.156. The first kappa shape index (κ1) is 35.7. The number of hydrogen-bond donors (Lipinski definition) is 0. The molecule has 12 rings (SSSR count). The minimum atomic E-state index is 1.10. The van der Waals surface area contributed by atoms with Crippen LogP contribution >= 0.6 is 0 Å². The summed E-state index contributed by atoms with van der Waals surface area (Å²) in [5, 5.41) is 9.93. The van der Waals surface area contributed by atoms with E-state index in [4.69, 9.17) is 0 Å². The van der Waals surface area contributed by atoms with Gasteiger partial charge < -0.3 is 9.47 Å². The van der Waals surface area contributed by atoms with Gasteiger partial charge in [-0.05, 0) is 121 Å². The molecule has 1 heterocycles. The van der Waals surface area contributed by atoms with Gasteiger partial charge in [0.05, 0.1) is 16.7 Å². The minimum Gasteiger partial charge on any atom is -0.310 e. The van der Waals surface area contributed by atoms with Crippen LogP contribution < -0.4 is 4.90 Å². The lowest BCUT2D eigenvalue weighted by atomic mass is 9.91. The molecule has 62 heavy (non-hydrogen) atoms. The minimum absolute atomic E-state index is 1.10. The Morgan fingerprint density at radius 2 is 0.774 bits per heavy atom. The van der Waals surface area contributed by atoms with Gasteiger partial charge in [-0.3, -0.25) is 0 Å². The molecule has 0 spiro atoms. The van der Waals surface area contributed by atoms with Crippen LogP contribution in [0.4, 0.5) is 17.1 Å². The van der Waals surface area contributed by atoms with Gasteiger partial charge in [0.15, 0.2) is 0 Å². The third kappa shape index (κ3) is 5.88. The number of nitrogens with zero attached hydrogens (tertiary/aromatic N) is 2. The Morgan fingerprint density at radius 1 is 0.274 bits per heavy atom. The van der Waals surface area contributed by atoms with Gasteiger partial charge in [-0.15, -0.1) is 0 Å². The Hall–Kier alpha value is -8.20. The summed E-state index contributed by atoms with van der Waals surface area (Å²) in [4.78, 5) is 2.39. The number of aromatic nitrogens is 1. The summed E-state index contributed by atoms with van der Waals surface area (Å²) in [6.07, 6.45) is 0. The number of rotatable bonds is 7. The summed E-state index contributed by atoms with van der Waals surface area (Å²) in [6.45, 7) is 0. The average molecular weight is 789 g/mol. The Kier molecular flexibility index (Phi) is 8.53. The zero-order valence-electron chi connectivity index (χ0n) is 34.0. The highest BCUT2D eigenvalue weighted by molar-refractivity contribution is 6.13. The van der Waals surface area contributed by atoms with Gasteiger partial charge in [-0.1, -0.05) is 182 Å². The highest BCUT2D eigenvalue weighted by Gasteiger charge is 2.19. The molecule has 0 amide bonds. The van der Waals surface area contributed by atoms with Gasteiger partial charge >= 0.3 is 0 Å². The second-order valence-corrected chi connectivity index (χ2v) is 16.0. The Labute approximate surface area is 360 Å². The van der Waals surface area contributed by atoms with E-state index in [9.17, 15) is 0 Å². The van der Waals surface area contributed by atoms with Gasteiger partial charge in [-0.25, -0.2) is 0 Å². The van der Waals surface area contributed by atoms with Crippen LogP contribution in [0.15, 0.2) is 243 Å². The SMILES string of the molecule is c1ccc(N(c2ccc(-c3ccc(-c4ccc5c(c4)c4ccccc4n5-c4ccccc4)c4ccccc34)cc2)c2ccc(-c3cccc4ccccc34)c3ccccc23)cc1. The second-order valence-electron chi connectivity index (χ2n) is 16.0. The van der Waals surface area contributed by atoms with Crippen LogP contribution in [-0.4, -0.2) is 4.57 Å². The van der Waals surface area contributed by atoms with Crippen LogP contribution in [0.1, 0.15) is 0 Å². The molecule has 0 bridgehead atoms. The maximum Gasteiger partial charge on any atom is 0.0541 e. The van der Waals surface area contributed by atoms with E-state index in [1.54, 1.807) is 0 Å². The molecular formula is C60H40N2. The smallest absolute Gasteiger partial charge is 0.0541 e. The first-order valence-electron chi connectivity index (χ1n) is 21.3. The predicted octanol–water partition coefficient (Wildman–Crippen LogP) is 16.7. The molecule has 0 aliphatic rings. The van der Waals surface area contributed by atoms with Crippen molar-refractivity contribution in [1.82, 2.24) is 4.57 Å². The third-order valence-electron chi connectivity index (χ3n) is 12.6. The van der Waals surface area contributed by atoms with Crippen LogP contribution in [0.2, 0.25) is 0 Å². The summed E-state index contributed by atoms with van der Waals surface area (Å²) in [6, 6.07) is 88.4. The fourth-order valence-corrected chi connectivity index (χ4v) is 9.77. The van der Waals surface area contributed by atoms with Crippen LogP contribution in [0.3, 0.4) is 0 Å². The molecule has 290 valence electrons. The van der Waals surface area contributed by atoms with E-state index in [0.717, 1.165) is 17.1 Å². The van der Waals surface area contributed by atoms with E-state index >= 15 is 0 Å². The Bertz CT molecular complexity index is 3620. The lowest BCUT2D eigenvalue weighted by Gasteiger charge is -2.28. The van der Waals surface area contributed by atoms with Crippen LogP contribution in [0.5, 0.6) is 0 Å². The van der Waals surface area contributed by atoms with E-state index in [1.807, 2.05) is 0 Å². The summed E-state index contributed by atoms with van der Waals surface area (Å²) < 4.78 is 2.38. The molecule has 0 saturated carbocycles. The molecule has 0 aliphatic carbocycles. The standard InChI is InChI=1S/C60H40N2/c1-3-18-44(19-4-1)61(59-39-37-54(53-25-11-12-26-55(53)59)52-28-15-17-41-16-7-8-22-47(41)52)46-33-30-42(31-34-46)48-35-36-49(51-24-10-9-23-50(48)51)43-32-38-60-57(40-43)56-27-13-14-29-58(56)62(60)45-20-5-2-6-21-45/h1-40H. The lowest BCUT2D eigenvalue weighted by Crippen LogP contribution is -2.10. The first-order valence-corrected chi connectivity index (χ1v) is 21.3. The number of anilines is 3. The topological polar surface area (TPSA) is 8.17 Å². The van der Waals surface area contributed by atoms with Crippen molar-refractivity contribution in [1.29, 1.82) is 0 Å². The van der Waals surface area contributed by atoms with Crippen LogP contribution in [0.25, 0.3) is 93.2 Å². The van der Waals surface area contributed by atoms with Gasteiger partial charge in [0, 0.05) is 33.2 Å². The van der Waals surface area contributed by atoms with Gasteiger partial charge in [-0.2, -0.15) is 0 Å². The zero-order valence-corrected chi connectivity index (χ0v) is 34.0. The molecular weight excluding hydrogens is 749 g/mol. The summed E-state index contributed by atoms with van der Waals surface area (Å²) in [7, 11) is 0. The molecule has 0 radical (unpaired) electrons. The fraction of sp³-hybridized carbons (Fsp3) is 0. The van der Waals surface area contributed by atoms with E-state index in [2.05, 4.69) is 252 Å². The third-order valence-corrected chi connectivity index (χ3v) is 12.6. The van der Waals surface area contributed by atoms with Crippen molar-refractivity contribution < 1.29 is 0 Å². The van der Waals surface area contributed by atoms with Crippen LogP contribution in [-0.2, 0) is 0 Å². The van der Waals surface area contributed by atoms with E-state index in [-0.39, 0.29) is 0 Å². The maximum atomic E-state index is 2.39. The number of para-hydroxylation sites is 3. The molecule has 0 aliphatic heterocycles. The van der Waals surface area contributed by atoms with E-state index in [1.165, 1.54) is 93.2 Å². The van der Waals surface area contributed by atoms with Crippen molar-refractivity contribution in [3.63, 3.8) is 0 Å². The predicted molar refractivity (Wildman–Crippen MR) is 264 cm³/mol. The molecule has 0 N–H and O–H groups in total. The van der Waals surface area contributed by atoms with Crippen molar-refractivity contribution in [2.45, 2.75) is 0 Å². The summed E-state index contributed by atoms with van der Waals surface area (Å²) in [5.74, 6) is 0. The van der Waals surface area contributed by atoms with Gasteiger partial charge in [0.1, 0.15) is 0 Å². The highest BCUT2D eigenvalue weighted by Crippen LogP contribution is 2.44. The molecule has 0 saturated heterocycles. The molecule has 2 heteroatoms. The highest BCUT2D eigenvalue weighted by atomic mass is 15.1. The second kappa shape index (κ2) is 14.8. The molecule has 11 aromatic carbocycles. The van der Waals surface area contributed by atoms with Crippen molar-refractivity contribution in [2.75, 3.05) is 4.90 Å². The molecule has 0 fully saturated rings. The zero-order chi connectivity index (χ0) is 41.0. The van der Waals surface area contributed by atoms with Crippen molar-refractivity contribution in [3.05, 3.63) is 243 Å². The fourth-order valence-electron chi connectivity index (χ4n) is 9.77. The Morgan fingerprint density at radius 3 is 1.52 bits per heavy atom. The first-order chi connectivity index (χ1) is 30.8. The largest absolute Gasteiger partial charge is 0.310 e. The Balaban J connectivity index is 0.952. The summed E-state index contributed by atoms with van der Waals surface area (Å²) >= 11 is 0. The average Bonchev–Trinajstić information content (AvgIpc) is 3.68. The molecule has 0 unspecified atom stereocenters.